The number of aliphatic hydroxyl groups is 2. The highest BCUT2D eigenvalue weighted by Crippen LogP contribution is 2.28. The zero-order valence-corrected chi connectivity index (χ0v) is 9.57. The summed E-state index contributed by atoms with van der Waals surface area (Å²) in [6.45, 7) is 0.130. The van der Waals surface area contributed by atoms with Crippen LogP contribution in [0.25, 0.3) is 0 Å². The van der Waals surface area contributed by atoms with Gasteiger partial charge in [0.05, 0.1) is 12.7 Å². The summed E-state index contributed by atoms with van der Waals surface area (Å²) in [4.78, 5) is 0. The molecule has 1 atom stereocenters. The van der Waals surface area contributed by atoms with Crippen LogP contribution < -0.4 is 0 Å². The van der Waals surface area contributed by atoms with E-state index in [0.717, 1.165) is 19.3 Å². The topological polar surface area (TPSA) is 40.5 Å². The van der Waals surface area contributed by atoms with E-state index in [-0.39, 0.29) is 12.7 Å². The third-order valence-corrected chi connectivity index (χ3v) is 3.34. The molecule has 88 valence electrons. The van der Waals surface area contributed by atoms with Gasteiger partial charge < -0.3 is 10.2 Å². The number of allylic oxidation sites excluding steroid dienone is 1. The maximum atomic E-state index is 9.96. The Morgan fingerprint density at radius 1 is 1.13 bits per heavy atom. The normalized spacial score (nSPS) is 20.9. The molecule has 1 aliphatic carbocycles. The van der Waals surface area contributed by atoms with Crippen molar-refractivity contribution < 1.29 is 10.2 Å². The molecule has 1 rings (SSSR count). The Bertz CT molecular complexity index is 171. The molecule has 2 heteroatoms. The van der Waals surface area contributed by atoms with Crippen LogP contribution in [0.5, 0.6) is 0 Å². The van der Waals surface area contributed by atoms with Gasteiger partial charge in [-0.3, -0.25) is 0 Å². The molecule has 0 aromatic rings. The predicted octanol–water partition coefficient (Wildman–Crippen LogP) is 2.65. The van der Waals surface area contributed by atoms with Gasteiger partial charge in [0.2, 0.25) is 0 Å². The first-order chi connectivity index (χ1) is 7.34. The van der Waals surface area contributed by atoms with Gasteiger partial charge in [0.25, 0.3) is 0 Å². The molecule has 0 saturated heterocycles. The second-order valence-electron chi connectivity index (χ2n) is 4.55. The molecule has 0 bridgehead atoms. The summed E-state index contributed by atoms with van der Waals surface area (Å²) in [5.41, 5.74) is 0. The van der Waals surface area contributed by atoms with Crippen molar-refractivity contribution in [1.29, 1.82) is 0 Å². The maximum Gasteiger partial charge on any atom is 0.0612 e. The Morgan fingerprint density at radius 2 is 1.87 bits per heavy atom. The Kier molecular flexibility index (Phi) is 6.69. The van der Waals surface area contributed by atoms with Crippen LogP contribution in [0.3, 0.4) is 0 Å². The fourth-order valence-electron chi connectivity index (χ4n) is 2.39. The van der Waals surface area contributed by atoms with E-state index in [1.807, 2.05) is 6.08 Å². The van der Waals surface area contributed by atoms with Crippen molar-refractivity contribution in [2.45, 2.75) is 57.5 Å². The van der Waals surface area contributed by atoms with Gasteiger partial charge in [-0.05, 0) is 38.0 Å². The van der Waals surface area contributed by atoms with E-state index in [0.29, 0.717) is 5.92 Å². The molecule has 1 aliphatic rings. The van der Waals surface area contributed by atoms with Crippen molar-refractivity contribution in [1.82, 2.24) is 0 Å². The van der Waals surface area contributed by atoms with Gasteiger partial charge in [-0.1, -0.05) is 31.4 Å². The van der Waals surface area contributed by atoms with Gasteiger partial charge in [0.15, 0.2) is 0 Å². The summed E-state index contributed by atoms with van der Waals surface area (Å²) in [6.07, 6.45) is 13.0. The van der Waals surface area contributed by atoms with E-state index < -0.39 is 0 Å². The lowest BCUT2D eigenvalue weighted by Crippen LogP contribution is -2.22. The van der Waals surface area contributed by atoms with E-state index in [1.54, 1.807) is 6.08 Å². The second-order valence-corrected chi connectivity index (χ2v) is 4.55. The van der Waals surface area contributed by atoms with Crippen LogP contribution in [0.2, 0.25) is 0 Å². The van der Waals surface area contributed by atoms with Crippen molar-refractivity contribution in [3.8, 4) is 0 Å². The van der Waals surface area contributed by atoms with Crippen LogP contribution in [-0.2, 0) is 0 Å². The van der Waals surface area contributed by atoms with E-state index in [2.05, 4.69) is 0 Å². The van der Waals surface area contributed by atoms with E-state index in [1.165, 1.54) is 32.1 Å². The highest BCUT2D eigenvalue weighted by molar-refractivity contribution is 4.81. The summed E-state index contributed by atoms with van der Waals surface area (Å²) in [5.74, 6) is 0.556. The Morgan fingerprint density at radius 3 is 2.53 bits per heavy atom. The SMILES string of the molecule is OC/C=C/CCCC(O)C1CCCCC1. The summed E-state index contributed by atoms with van der Waals surface area (Å²) in [7, 11) is 0. The summed E-state index contributed by atoms with van der Waals surface area (Å²) < 4.78 is 0. The van der Waals surface area contributed by atoms with Gasteiger partial charge in [0, 0.05) is 0 Å². The van der Waals surface area contributed by atoms with Gasteiger partial charge >= 0.3 is 0 Å². The zero-order chi connectivity index (χ0) is 10.9. The molecule has 0 radical (unpaired) electrons. The van der Waals surface area contributed by atoms with Gasteiger partial charge in [-0.25, -0.2) is 0 Å². The summed E-state index contributed by atoms with van der Waals surface area (Å²) >= 11 is 0. The average molecular weight is 212 g/mol. The van der Waals surface area contributed by atoms with Crippen molar-refractivity contribution >= 4 is 0 Å². The number of rotatable bonds is 6. The molecule has 0 aliphatic heterocycles. The quantitative estimate of drug-likeness (QED) is 0.525. The van der Waals surface area contributed by atoms with Crippen molar-refractivity contribution in [2.24, 2.45) is 5.92 Å². The maximum absolute atomic E-state index is 9.96. The number of hydrogen-bond donors (Lipinski definition) is 2. The Labute approximate surface area is 93.0 Å². The van der Waals surface area contributed by atoms with Crippen molar-refractivity contribution in [3.63, 3.8) is 0 Å². The van der Waals surface area contributed by atoms with Crippen molar-refractivity contribution in [2.75, 3.05) is 6.61 Å². The smallest absolute Gasteiger partial charge is 0.0612 e. The molecule has 15 heavy (non-hydrogen) atoms. The Hall–Kier alpha value is -0.340. The van der Waals surface area contributed by atoms with Gasteiger partial charge in [-0.15, -0.1) is 0 Å². The molecule has 2 nitrogen and oxygen atoms in total. The van der Waals surface area contributed by atoms with Gasteiger partial charge in [-0.2, -0.15) is 0 Å². The fourth-order valence-corrected chi connectivity index (χ4v) is 2.39. The lowest BCUT2D eigenvalue weighted by molar-refractivity contribution is 0.0757. The van der Waals surface area contributed by atoms with Crippen LogP contribution in [0.1, 0.15) is 51.4 Å². The largest absolute Gasteiger partial charge is 0.393 e. The third kappa shape index (κ3) is 5.33. The molecule has 0 aromatic heterocycles. The lowest BCUT2D eigenvalue weighted by Gasteiger charge is -2.26. The first-order valence-electron chi connectivity index (χ1n) is 6.28. The highest BCUT2D eigenvalue weighted by atomic mass is 16.3. The Balaban J connectivity index is 2.06. The highest BCUT2D eigenvalue weighted by Gasteiger charge is 2.20. The summed E-state index contributed by atoms with van der Waals surface area (Å²) in [5, 5.41) is 18.5. The second kappa shape index (κ2) is 7.89. The minimum atomic E-state index is -0.0900. The lowest BCUT2D eigenvalue weighted by atomic mass is 9.83. The van der Waals surface area contributed by atoms with Crippen LogP contribution in [-0.4, -0.2) is 22.9 Å². The molecule has 0 heterocycles. The van der Waals surface area contributed by atoms with Crippen LogP contribution in [0.4, 0.5) is 0 Å². The number of hydrogen-bond acceptors (Lipinski definition) is 2. The first-order valence-corrected chi connectivity index (χ1v) is 6.28. The average Bonchev–Trinajstić information content (AvgIpc) is 2.30. The van der Waals surface area contributed by atoms with Crippen LogP contribution in [0, 0.1) is 5.92 Å². The number of unbranched alkanes of at least 4 members (excludes halogenated alkanes) is 1. The predicted molar refractivity (Wildman–Crippen MR) is 62.7 cm³/mol. The van der Waals surface area contributed by atoms with Crippen LogP contribution in [0.15, 0.2) is 12.2 Å². The molecule has 2 N–H and O–H groups in total. The zero-order valence-electron chi connectivity index (χ0n) is 9.57. The third-order valence-electron chi connectivity index (χ3n) is 3.34. The molecule has 0 amide bonds. The first kappa shape index (κ1) is 12.7. The molecule has 0 aromatic carbocycles. The molecule has 1 saturated carbocycles. The molecular weight excluding hydrogens is 188 g/mol. The van der Waals surface area contributed by atoms with E-state index in [9.17, 15) is 5.11 Å². The fraction of sp³-hybridized carbons (Fsp3) is 0.846. The molecular formula is C13H24O2. The molecule has 1 unspecified atom stereocenters. The standard InChI is InChI=1S/C13H24O2/c14-11-7-2-1-6-10-13(15)12-8-4-3-5-9-12/h2,7,12-15H,1,3-6,8-11H2/b7-2+. The van der Waals surface area contributed by atoms with E-state index in [4.69, 9.17) is 5.11 Å². The minimum absolute atomic E-state index is 0.0900. The van der Waals surface area contributed by atoms with E-state index >= 15 is 0 Å². The molecule has 0 spiro atoms. The summed E-state index contributed by atoms with van der Waals surface area (Å²) in [6, 6.07) is 0. The van der Waals surface area contributed by atoms with Crippen LogP contribution >= 0.6 is 0 Å². The van der Waals surface area contributed by atoms with Crippen molar-refractivity contribution in [3.05, 3.63) is 12.2 Å². The van der Waals surface area contributed by atoms with Gasteiger partial charge in [0.1, 0.15) is 0 Å². The monoisotopic (exact) mass is 212 g/mol. The number of aliphatic hydroxyl groups excluding tert-OH is 2. The minimum Gasteiger partial charge on any atom is -0.393 e. The molecule has 1 fully saturated rings.